The topological polar surface area (TPSA) is 181 Å². The molecule has 8 rings (SSSR count). The van der Waals surface area contributed by atoms with E-state index < -0.39 is 40.7 Å². The van der Waals surface area contributed by atoms with Gasteiger partial charge in [-0.25, -0.2) is 18.8 Å². The van der Waals surface area contributed by atoms with Gasteiger partial charge in [0, 0.05) is 61.4 Å². The maximum Gasteiger partial charge on any atom is 0.341 e. The molecule has 0 atom stereocenters. The van der Waals surface area contributed by atoms with Crippen molar-refractivity contribution in [3.63, 3.8) is 0 Å². The molecule has 5 N–H and O–H groups in total. The third-order valence-electron chi connectivity index (χ3n) is 10.5. The van der Waals surface area contributed by atoms with Crippen molar-refractivity contribution >= 4 is 56.0 Å². The number of benzene rings is 5. The molecule has 0 radical (unpaired) electrons. The van der Waals surface area contributed by atoms with E-state index >= 15 is 0 Å². The maximum atomic E-state index is 14.8. The van der Waals surface area contributed by atoms with Crippen LogP contribution in [0, 0.1) is 5.82 Å². The minimum atomic E-state index is -1.28. The number of hydrogen-bond acceptors (Lipinski definition) is 8. The van der Waals surface area contributed by atoms with E-state index in [0.29, 0.717) is 43.9 Å². The zero-order chi connectivity index (χ0) is 39.1. The number of hydrogen-bond donors (Lipinski definition) is 5. The summed E-state index contributed by atoms with van der Waals surface area (Å²) >= 11 is 0. The van der Waals surface area contributed by atoms with Crippen LogP contribution in [0.2, 0.25) is 0 Å². The molecule has 0 spiro atoms. The molecule has 282 valence electrons. The van der Waals surface area contributed by atoms with Crippen LogP contribution in [0.3, 0.4) is 0 Å². The zero-order valence-electron chi connectivity index (χ0n) is 29.8. The smallest absolute Gasteiger partial charge is 0.341 e. The Morgan fingerprint density at radius 1 is 0.709 bits per heavy atom. The summed E-state index contributed by atoms with van der Waals surface area (Å²) in [6.07, 6.45) is 3.26. The quantitative estimate of drug-likeness (QED) is 0.112. The number of aromatic carboxylic acids is 3. The predicted octanol–water partition coefficient (Wildman–Crippen LogP) is 6.71. The lowest BCUT2D eigenvalue weighted by Crippen LogP contribution is -2.46. The fourth-order valence-corrected chi connectivity index (χ4v) is 7.40. The van der Waals surface area contributed by atoms with E-state index in [-0.39, 0.29) is 34.5 Å². The number of likely N-dealkylation sites (N-methyl/N-ethyl adjacent to an activating group) is 1. The summed E-state index contributed by atoms with van der Waals surface area (Å²) in [5.74, 6) is -5.09. The van der Waals surface area contributed by atoms with Crippen LogP contribution in [0.5, 0.6) is 11.5 Å². The molecule has 0 amide bonds. The number of piperazine rings is 1. The molecule has 1 saturated heterocycles. The summed E-state index contributed by atoms with van der Waals surface area (Å²) in [7, 11) is 0. The van der Waals surface area contributed by atoms with Crippen LogP contribution < -0.4 is 10.3 Å². The maximum absolute atomic E-state index is 14.8. The van der Waals surface area contributed by atoms with Crippen LogP contribution in [0.1, 0.15) is 68.0 Å². The van der Waals surface area contributed by atoms with Crippen molar-refractivity contribution in [3.8, 4) is 11.5 Å². The lowest BCUT2D eigenvalue weighted by molar-refractivity contribution is 0.0682. The Morgan fingerprint density at radius 2 is 1.22 bits per heavy atom. The van der Waals surface area contributed by atoms with Crippen molar-refractivity contribution in [1.29, 1.82) is 0 Å². The fourth-order valence-electron chi connectivity index (χ4n) is 7.40. The summed E-state index contributed by atoms with van der Waals surface area (Å²) in [5.41, 5.74) is 0.307. The number of anilines is 1. The third-order valence-corrected chi connectivity index (χ3v) is 10.5. The second-order valence-corrected chi connectivity index (χ2v) is 13.8. The van der Waals surface area contributed by atoms with E-state index in [1.54, 1.807) is 54.6 Å². The molecule has 2 heterocycles. The van der Waals surface area contributed by atoms with Crippen LogP contribution in [0.25, 0.3) is 32.4 Å². The normalized spacial score (nSPS) is 14.5. The number of carbonyl (C=O) groups is 3. The van der Waals surface area contributed by atoms with E-state index in [9.17, 15) is 49.1 Å². The van der Waals surface area contributed by atoms with Gasteiger partial charge in [0.05, 0.1) is 11.2 Å². The molecule has 5 aromatic carbocycles. The molecule has 0 unspecified atom stereocenters. The Balaban J connectivity index is 0.000000170. The highest BCUT2D eigenvalue weighted by atomic mass is 19.1. The van der Waals surface area contributed by atoms with Crippen molar-refractivity contribution in [2.45, 2.75) is 32.2 Å². The molecule has 12 nitrogen and oxygen atoms in total. The first-order chi connectivity index (χ1) is 26.4. The van der Waals surface area contributed by atoms with E-state index in [0.717, 1.165) is 45.6 Å². The summed E-state index contributed by atoms with van der Waals surface area (Å²) < 4.78 is 16.6. The molecular formula is C42H38FN3O9. The van der Waals surface area contributed by atoms with Gasteiger partial charge in [-0.2, -0.15) is 0 Å². The molecular weight excluding hydrogens is 709 g/mol. The Labute approximate surface area is 313 Å². The van der Waals surface area contributed by atoms with E-state index in [2.05, 4.69) is 11.8 Å². The van der Waals surface area contributed by atoms with Crippen molar-refractivity contribution in [2.75, 3.05) is 37.6 Å². The van der Waals surface area contributed by atoms with Crippen LogP contribution in [0.4, 0.5) is 10.1 Å². The van der Waals surface area contributed by atoms with Gasteiger partial charge in [0.15, 0.2) is 0 Å². The van der Waals surface area contributed by atoms with Crippen molar-refractivity contribution in [2.24, 2.45) is 0 Å². The fraction of sp³-hybridized carbons (Fsp3) is 0.238. The summed E-state index contributed by atoms with van der Waals surface area (Å²) in [4.78, 5) is 51.4. The first-order valence-electron chi connectivity index (χ1n) is 17.9. The Morgan fingerprint density at radius 3 is 1.69 bits per heavy atom. The lowest BCUT2D eigenvalue weighted by atomic mass is 9.90. The highest BCUT2D eigenvalue weighted by molar-refractivity contribution is 6.02. The van der Waals surface area contributed by atoms with Gasteiger partial charge < -0.3 is 39.9 Å². The van der Waals surface area contributed by atoms with Crippen molar-refractivity contribution in [3.05, 3.63) is 123 Å². The highest BCUT2D eigenvalue weighted by Gasteiger charge is 2.29. The second kappa shape index (κ2) is 14.7. The van der Waals surface area contributed by atoms with Gasteiger partial charge in [0.25, 0.3) is 0 Å². The number of fused-ring (bicyclic) bond motifs is 3. The van der Waals surface area contributed by atoms with Gasteiger partial charge in [0.2, 0.25) is 5.43 Å². The minimum absolute atomic E-state index is 0.0407. The molecule has 1 aliphatic carbocycles. The number of carboxylic acids is 3. The average Bonchev–Trinajstić information content (AvgIpc) is 4.02. The van der Waals surface area contributed by atoms with Gasteiger partial charge in [-0.3, -0.25) is 4.79 Å². The number of aromatic hydroxyl groups is 2. The standard InChI is InChI=1S/C23H16O6.C19H22FN3O3/c24-20-16(14-7-3-1-5-12(14)9-18(20)22(26)27)11-17-15-8-4-2-6-13(15)10-19(21(17)25)23(28)29;1-2-21-5-7-22(8-6-21)17-10-16-13(9-15(17)20)18(24)14(19(25)26)11-23(16)12-3-4-12/h1-10,24-25H,11H2,(H,26,27)(H,28,29);9-12H,2-8H2,1H3,(H,25,26). The minimum Gasteiger partial charge on any atom is -0.507 e. The third kappa shape index (κ3) is 7.01. The van der Waals surface area contributed by atoms with Gasteiger partial charge in [-0.05, 0) is 65.2 Å². The number of rotatable bonds is 8. The van der Waals surface area contributed by atoms with Crippen molar-refractivity contribution < 1.29 is 44.3 Å². The number of aromatic nitrogens is 1. The molecule has 6 aromatic rings. The Kier molecular flexibility index (Phi) is 9.89. The predicted molar refractivity (Wildman–Crippen MR) is 206 cm³/mol. The van der Waals surface area contributed by atoms with Gasteiger partial charge >= 0.3 is 17.9 Å². The van der Waals surface area contributed by atoms with Crippen LogP contribution in [-0.2, 0) is 6.42 Å². The molecule has 55 heavy (non-hydrogen) atoms. The molecule has 13 heteroatoms. The molecule has 2 aliphatic rings. The molecule has 1 saturated carbocycles. The molecule has 0 bridgehead atoms. The summed E-state index contributed by atoms with van der Waals surface area (Å²) in [6.45, 7) is 6.31. The SMILES string of the molecule is CCN1CCN(c2cc3c(cc2F)c(=O)c(C(=O)O)cn3C2CC2)CC1.O=C(O)c1cc2ccccc2c(Cc2c(O)c(C(=O)O)cc3ccccc23)c1O. The van der Waals surface area contributed by atoms with E-state index in [1.165, 1.54) is 24.4 Å². The van der Waals surface area contributed by atoms with Gasteiger partial charge in [0.1, 0.15) is 34.0 Å². The number of pyridine rings is 1. The molecule has 2 fully saturated rings. The van der Waals surface area contributed by atoms with Crippen LogP contribution >= 0.6 is 0 Å². The van der Waals surface area contributed by atoms with E-state index in [1.807, 2.05) is 9.47 Å². The van der Waals surface area contributed by atoms with Gasteiger partial charge in [-0.1, -0.05) is 55.5 Å². The number of carboxylic acid groups (broad SMARTS) is 3. The largest absolute Gasteiger partial charge is 0.507 e. The highest BCUT2D eigenvalue weighted by Crippen LogP contribution is 2.40. The number of phenols is 2. The summed E-state index contributed by atoms with van der Waals surface area (Å²) in [6, 6.07) is 19.9. The second-order valence-electron chi connectivity index (χ2n) is 13.8. The zero-order valence-corrected chi connectivity index (χ0v) is 29.8. The first-order valence-corrected chi connectivity index (χ1v) is 17.9. The van der Waals surface area contributed by atoms with E-state index in [4.69, 9.17) is 0 Å². The van der Waals surface area contributed by atoms with Crippen molar-refractivity contribution in [1.82, 2.24) is 9.47 Å². The lowest BCUT2D eigenvalue weighted by Gasteiger charge is -2.35. The molecule has 1 aliphatic heterocycles. The number of halogens is 1. The molecule has 1 aromatic heterocycles. The van der Waals surface area contributed by atoms with Gasteiger partial charge in [-0.15, -0.1) is 0 Å². The Hall–Kier alpha value is -6.47. The summed E-state index contributed by atoms with van der Waals surface area (Å²) in [5, 5.41) is 52.2. The number of nitrogens with zero attached hydrogens (tertiary/aromatic N) is 3. The van der Waals surface area contributed by atoms with Crippen LogP contribution in [0.15, 0.2) is 83.8 Å². The first kappa shape index (κ1) is 36.9. The van der Waals surface area contributed by atoms with Crippen LogP contribution in [-0.4, -0.2) is 85.6 Å². The Bertz CT molecular complexity index is 2490. The average molecular weight is 748 g/mol. The monoisotopic (exact) mass is 747 g/mol.